The van der Waals surface area contributed by atoms with Crippen molar-refractivity contribution >= 4 is 6.09 Å². The van der Waals surface area contributed by atoms with Gasteiger partial charge < -0.3 is 9.64 Å². The number of carbonyl (C=O) groups excluding carboxylic acids is 1. The molecule has 3 nitrogen and oxygen atoms in total. The molecule has 32 heavy (non-hydrogen) atoms. The van der Waals surface area contributed by atoms with Crippen molar-refractivity contribution < 1.29 is 18.3 Å². The van der Waals surface area contributed by atoms with Gasteiger partial charge >= 0.3 is 6.09 Å². The highest BCUT2D eigenvalue weighted by Crippen LogP contribution is 2.41. The van der Waals surface area contributed by atoms with Crippen LogP contribution >= 0.6 is 0 Å². The molecule has 0 unspecified atom stereocenters. The van der Waals surface area contributed by atoms with Crippen LogP contribution in [0.5, 0.6) is 0 Å². The standard InChI is InChI=1S/C27H25F2NO2/c1-3-16-27(24-6-4-5-7-25(24)29)17-18-30(26(31)32-27)19(2)20-8-10-21(11-9-20)22-12-14-23(28)15-13-22/h3-15,19H,1,16-18H2,2H3/t19-,27+/m0/s1. The van der Waals surface area contributed by atoms with E-state index >= 15 is 0 Å². The molecule has 5 heteroatoms. The number of carbonyl (C=O) groups is 1. The van der Waals surface area contributed by atoms with Crippen molar-refractivity contribution in [2.45, 2.75) is 31.4 Å². The van der Waals surface area contributed by atoms with Crippen molar-refractivity contribution in [2.24, 2.45) is 0 Å². The van der Waals surface area contributed by atoms with E-state index in [9.17, 15) is 13.6 Å². The molecular formula is C27H25F2NO2. The lowest BCUT2D eigenvalue weighted by Crippen LogP contribution is -2.48. The topological polar surface area (TPSA) is 29.5 Å². The SMILES string of the molecule is C=CC[C@]1(c2ccccc2F)CCN([C@@H](C)c2ccc(-c3ccc(F)cc3)cc2)C(=O)O1. The van der Waals surface area contributed by atoms with Crippen LogP contribution < -0.4 is 0 Å². The average molecular weight is 433 g/mol. The Bertz CT molecular complexity index is 1110. The second-order valence-electron chi connectivity index (χ2n) is 8.08. The van der Waals surface area contributed by atoms with Gasteiger partial charge in [-0.1, -0.05) is 60.7 Å². The maximum absolute atomic E-state index is 14.5. The molecular weight excluding hydrogens is 408 g/mol. The average Bonchev–Trinajstić information content (AvgIpc) is 2.80. The third kappa shape index (κ3) is 4.15. The fourth-order valence-electron chi connectivity index (χ4n) is 4.30. The molecule has 1 heterocycles. The summed E-state index contributed by atoms with van der Waals surface area (Å²) in [4.78, 5) is 14.7. The molecule has 2 atom stereocenters. The molecule has 0 spiro atoms. The largest absolute Gasteiger partial charge is 0.437 e. The molecule has 1 aliphatic heterocycles. The number of benzene rings is 3. The number of rotatable bonds is 6. The van der Waals surface area contributed by atoms with Crippen molar-refractivity contribution in [1.29, 1.82) is 0 Å². The van der Waals surface area contributed by atoms with Crippen molar-refractivity contribution in [3.8, 4) is 11.1 Å². The molecule has 1 fully saturated rings. The summed E-state index contributed by atoms with van der Waals surface area (Å²) in [5, 5.41) is 0. The van der Waals surface area contributed by atoms with Gasteiger partial charge in [0.15, 0.2) is 0 Å². The van der Waals surface area contributed by atoms with Gasteiger partial charge in [-0.3, -0.25) is 0 Å². The van der Waals surface area contributed by atoms with Crippen LogP contribution in [0.2, 0.25) is 0 Å². The van der Waals surface area contributed by atoms with E-state index in [1.165, 1.54) is 18.2 Å². The summed E-state index contributed by atoms with van der Waals surface area (Å²) >= 11 is 0. The highest BCUT2D eigenvalue weighted by atomic mass is 19.1. The fraction of sp³-hybridized carbons (Fsp3) is 0.222. The minimum atomic E-state index is -1.05. The van der Waals surface area contributed by atoms with E-state index in [1.54, 1.807) is 41.3 Å². The zero-order valence-electron chi connectivity index (χ0n) is 17.9. The third-order valence-corrected chi connectivity index (χ3v) is 6.15. The van der Waals surface area contributed by atoms with Crippen LogP contribution in [0.15, 0.2) is 85.5 Å². The van der Waals surface area contributed by atoms with Crippen LogP contribution in [0.4, 0.5) is 13.6 Å². The van der Waals surface area contributed by atoms with E-state index in [0.717, 1.165) is 16.7 Å². The minimum absolute atomic E-state index is 0.216. The van der Waals surface area contributed by atoms with Gasteiger partial charge in [0.2, 0.25) is 0 Å². The van der Waals surface area contributed by atoms with E-state index in [0.29, 0.717) is 24.9 Å². The highest BCUT2D eigenvalue weighted by Gasteiger charge is 2.44. The molecule has 164 valence electrons. The van der Waals surface area contributed by atoms with Crippen LogP contribution in [0, 0.1) is 11.6 Å². The maximum Gasteiger partial charge on any atom is 0.411 e. The Morgan fingerprint density at radius 1 is 1.03 bits per heavy atom. The monoisotopic (exact) mass is 433 g/mol. The van der Waals surface area contributed by atoms with Gasteiger partial charge in [0.05, 0.1) is 6.04 Å². The molecule has 0 radical (unpaired) electrons. The predicted molar refractivity (Wildman–Crippen MR) is 121 cm³/mol. The van der Waals surface area contributed by atoms with E-state index in [4.69, 9.17) is 4.74 Å². The Morgan fingerprint density at radius 3 is 2.25 bits per heavy atom. The van der Waals surface area contributed by atoms with Crippen molar-refractivity contribution in [2.75, 3.05) is 6.54 Å². The summed E-state index contributed by atoms with van der Waals surface area (Å²) in [5.41, 5.74) is 2.17. The molecule has 0 saturated carbocycles. The quantitative estimate of drug-likeness (QED) is 0.392. The Hall–Kier alpha value is -3.47. The van der Waals surface area contributed by atoms with Gasteiger partial charge in [-0.25, -0.2) is 13.6 Å². The summed E-state index contributed by atoms with van der Waals surface area (Å²) in [6, 6.07) is 20.3. The Morgan fingerprint density at radius 2 is 1.66 bits per heavy atom. The van der Waals surface area contributed by atoms with E-state index in [1.807, 2.05) is 31.2 Å². The van der Waals surface area contributed by atoms with Gasteiger partial charge in [-0.2, -0.15) is 0 Å². The van der Waals surface area contributed by atoms with Gasteiger partial charge in [0.1, 0.15) is 17.2 Å². The zero-order valence-corrected chi connectivity index (χ0v) is 17.9. The molecule has 3 aromatic carbocycles. The van der Waals surface area contributed by atoms with Crippen molar-refractivity contribution in [1.82, 2.24) is 4.90 Å². The predicted octanol–water partition coefficient (Wildman–Crippen LogP) is 7.01. The van der Waals surface area contributed by atoms with E-state index in [2.05, 4.69) is 6.58 Å². The fourth-order valence-corrected chi connectivity index (χ4v) is 4.30. The number of cyclic esters (lactones) is 1. The first-order chi connectivity index (χ1) is 15.4. The lowest BCUT2D eigenvalue weighted by Gasteiger charge is -2.43. The van der Waals surface area contributed by atoms with Crippen LogP contribution in [-0.4, -0.2) is 17.5 Å². The molecule has 1 amide bonds. The first-order valence-electron chi connectivity index (χ1n) is 10.6. The summed E-state index contributed by atoms with van der Waals surface area (Å²) in [7, 11) is 0. The van der Waals surface area contributed by atoms with Crippen molar-refractivity contribution in [3.63, 3.8) is 0 Å². The lowest BCUT2D eigenvalue weighted by molar-refractivity contribution is -0.0606. The summed E-state index contributed by atoms with van der Waals surface area (Å²) in [5.74, 6) is -0.662. The first-order valence-corrected chi connectivity index (χ1v) is 10.6. The second kappa shape index (κ2) is 8.95. The zero-order chi connectivity index (χ0) is 22.7. The molecule has 1 aliphatic rings. The Balaban J connectivity index is 1.53. The van der Waals surface area contributed by atoms with Gasteiger partial charge in [-0.05, 0) is 41.8 Å². The molecule has 0 N–H and O–H groups in total. The maximum atomic E-state index is 14.5. The van der Waals surface area contributed by atoms with E-state index < -0.39 is 11.7 Å². The van der Waals surface area contributed by atoms with Gasteiger partial charge in [0.25, 0.3) is 0 Å². The van der Waals surface area contributed by atoms with Crippen LogP contribution in [0.25, 0.3) is 11.1 Å². The van der Waals surface area contributed by atoms with Gasteiger partial charge in [0, 0.05) is 24.9 Å². The molecule has 4 rings (SSSR count). The molecule has 0 aromatic heterocycles. The van der Waals surface area contributed by atoms with Crippen molar-refractivity contribution in [3.05, 3.63) is 108 Å². The number of hydrogen-bond acceptors (Lipinski definition) is 2. The molecule has 0 aliphatic carbocycles. The number of nitrogens with zero attached hydrogens (tertiary/aromatic N) is 1. The first kappa shape index (κ1) is 21.8. The molecule has 1 saturated heterocycles. The van der Waals surface area contributed by atoms with Gasteiger partial charge in [-0.15, -0.1) is 6.58 Å². The number of ether oxygens (including phenoxy) is 1. The molecule has 3 aromatic rings. The molecule has 0 bridgehead atoms. The normalized spacial score (nSPS) is 19.3. The van der Waals surface area contributed by atoms with Crippen LogP contribution in [0.1, 0.15) is 36.9 Å². The number of halogens is 2. The summed E-state index contributed by atoms with van der Waals surface area (Å²) in [6.45, 7) is 6.15. The number of amides is 1. The Labute approximate surface area is 187 Å². The number of hydrogen-bond donors (Lipinski definition) is 0. The highest BCUT2D eigenvalue weighted by molar-refractivity contribution is 5.70. The smallest absolute Gasteiger partial charge is 0.411 e. The van der Waals surface area contributed by atoms with Crippen LogP contribution in [-0.2, 0) is 10.3 Å². The lowest BCUT2D eigenvalue weighted by atomic mass is 9.85. The Kier molecular flexibility index (Phi) is 6.08. The minimum Gasteiger partial charge on any atom is -0.437 e. The summed E-state index contributed by atoms with van der Waals surface area (Å²) in [6.07, 6.45) is 1.99. The van der Waals surface area contributed by atoms with Crippen LogP contribution in [0.3, 0.4) is 0 Å². The summed E-state index contributed by atoms with van der Waals surface area (Å²) < 4.78 is 33.6. The van der Waals surface area contributed by atoms with E-state index in [-0.39, 0.29) is 17.7 Å². The third-order valence-electron chi connectivity index (χ3n) is 6.15. The second-order valence-corrected chi connectivity index (χ2v) is 8.08.